The number of anilines is 1. The molecule has 1 aliphatic heterocycles. The van der Waals surface area contributed by atoms with Gasteiger partial charge in [-0.05, 0) is 64.2 Å². The summed E-state index contributed by atoms with van der Waals surface area (Å²) >= 11 is 0. The Balaban J connectivity index is 2.15. The first kappa shape index (κ1) is 26.5. The van der Waals surface area contributed by atoms with Crippen LogP contribution < -0.4 is 10.2 Å². The summed E-state index contributed by atoms with van der Waals surface area (Å²) in [7, 11) is 1.30. The van der Waals surface area contributed by atoms with Crippen LogP contribution in [0.15, 0.2) is 46.8 Å². The van der Waals surface area contributed by atoms with Crippen LogP contribution in [-0.2, 0) is 23.9 Å². The van der Waals surface area contributed by atoms with Gasteiger partial charge in [0.05, 0.1) is 18.8 Å². The smallest absolute Gasteiger partial charge is 0.337 e. The number of benzene rings is 1. The van der Waals surface area contributed by atoms with Crippen molar-refractivity contribution >= 4 is 23.4 Å². The second-order valence-electron chi connectivity index (χ2n) is 9.42. The monoisotopic (exact) mass is 482 g/mol. The molecule has 1 heterocycles. The van der Waals surface area contributed by atoms with Crippen molar-refractivity contribution in [1.82, 2.24) is 5.32 Å². The summed E-state index contributed by atoms with van der Waals surface area (Å²) in [6.07, 6.45) is 0.942. The second-order valence-corrected chi connectivity index (χ2v) is 9.42. The first-order valence-corrected chi connectivity index (χ1v) is 12.6. The van der Waals surface area contributed by atoms with E-state index in [0.29, 0.717) is 29.7 Å². The van der Waals surface area contributed by atoms with Crippen LogP contribution in [0.1, 0.15) is 65.9 Å². The van der Waals surface area contributed by atoms with Gasteiger partial charge in [-0.3, -0.25) is 9.59 Å². The molecule has 0 spiro atoms. The van der Waals surface area contributed by atoms with E-state index in [1.165, 1.54) is 7.11 Å². The Kier molecular flexibility index (Phi) is 8.41. The van der Waals surface area contributed by atoms with E-state index in [2.05, 4.69) is 24.1 Å². The van der Waals surface area contributed by atoms with Gasteiger partial charge in [-0.1, -0.05) is 26.0 Å². The lowest BCUT2D eigenvalue weighted by molar-refractivity contribution is -0.151. The van der Waals surface area contributed by atoms with Crippen LogP contribution in [0.5, 0.6) is 0 Å². The van der Waals surface area contributed by atoms with Gasteiger partial charge >= 0.3 is 11.9 Å². The van der Waals surface area contributed by atoms with E-state index >= 15 is 0 Å². The molecule has 190 valence electrons. The predicted molar refractivity (Wildman–Crippen MR) is 136 cm³/mol. The number of allylic oxidation sites excluding steroid dienone is 3. The molecule has 3 rings (SSSR count). The van der Waals surface area contributed by atoms with Crippen molar-refractivity contribution in [2.75, 3.05) is 25.1 Å². The van der Waals surface area contributed by atoms with Crippen LogP contribution >= 0.6 is 0 Å². The fourth-order valence-electron chi connectivity index (χ4n) is 5.08. The van der Waals surface area contributed by atoms with E-state index in [0.717, 1.165) is 30.0 Å². The van der Waals surface area contributed by atoms with Gasteiger partial charge in [0.2, 0.25) is 0 Å². The lowest BCUT2D eigenvalue weighted by Gasteiger charge is -2.38. The van der Waals surface area contributed by atoms with E-state index in [9.17, 15) is 14.4 Å². The van der Waals surface area contributed by atoms with Crippen LogP contribution in [0.3, 0.4) is 0 Å². The molecule has 0 aromatic heterocycles. The number of carbonyl (C=O) groups excluding carboxylic acids is 3. The molecule has 1 aromatic rings. The predicted octanol–water partition coefficient (Wildman–Crippen LogP) is 4.49. The largest absolute Gasteiger partial charge is 0.468 e. The van der Waals surface area contributed by atoms with Gasteiger partial charge < -0.3 is 19.7 Å². The normalized spacial score (nSPS) is 22.8. The number of carbonyl (C=O) groups is 3. The zero-order valence-electron chi connectivity index (χ0n) is 21.9. The topological polar surface area (TPSA) is 84.9 Å². The molecule has 0 fully saturated rings. The first-order valence-electron chi connectivity index (χ1n) is 12.6. The standard InChI is InChI=1S/C28H38N2O5/c1-8-17(5)35-28(33)23-18(6)29-21-15-16(4)22(27(32)34-7)26(31)25(21)24(23)19-11-13-20(14-12-19)30(9-2)10-3/h11-14,16-17,22,24,29H,8-10,15H2,1-7H3/t16-,17-,22-,24-/m1/s1. The SMILES string of the molecule is CC[C@@H](C)OC(=O)C1=C(C)NC2=C(C(=O)[C@H](C(=O)OC)[C@H](C)C2)[C@@H]1c1ccc(N(CC)CC)cc1. The Bertz CT molecular complexity index is 1040. The van der Waals surface area contributed by atoms with Gasteiger partial charge in [-0.25, -0.2) is 4.79 Å². The highest BCUT2D eigenvalue weighted by molar-refractivity contribution is 6.12. The molecule has 4 atom stereocenters. The molecular weight excluding hydrogens is 444 g/mol. The number of methoxy groups -OCH3 is 1. The average Bonchev–Trinajstić information content (AvgIpc) is 2.83. The van der Waals surface area contributed by atoms with Gasteiger partial charge in [0.25, 0.3) is 0 Å². The van der Waals surface area contributed by atoms with Gasteiger partial charge in [-0.15, -0.1) is 0 Å². The summed E-state index contributed by atoms with van der Waals surface area (Å²) in [5, 5.41) is 3.30. The number of ketones is 1. The van der Waals surface area contributed by atoms with Crippen molar-refractivity contribution in [3.63, 3.8) is 0 Å². The van der Waals surface area contributed by atoms with E-state index in [4.69, 9.17) is 9.47 Å². The number of rotatable bonds is 8. The first-order chi connectivity index (χ1) is 16.7. The Morgan fingerprint density at radius 3 is 2.31 bits per heavy atom. The van der Waals surface area contributed by atoms with Gasteiger partial charge in [0, 0.05) is 41.7 Å². The zero-order chi connectivity index (χ0) is 25.9. The summed E-state index contributed by atoms with van der Waals surface area (Å²) in [5.74, 6) is -3.02. The van der Waals surface area contributed by atoms with E-state index < -0.39 is 23.8 Å². The second kappa shape index (κ2) is 11.1. The summed E-state index contributed by atoms with van der Waals surface area (Å²) in [6, 6.07) is 7.98. The number of hydrogen-bond donors (Lipinski definition) is 1. The number of hydrogen-bond acceptors (Lipinski definition) is 7. The molecule has 1 aliphatic carbocycles. The van der Waals surface area contributed by atoms with Crippen LogP contribution in [-0.4, -0.2) is 44.0 Å². The average molecular weight is 483 g/mol. The number of nitrogens with one attached hydrogen (secondary N) is 1. The van der Waals surface area contributed by atoms with E-state index in [1.807, 2.05) is 52.0 Å². The quantitative estimate of drug-likeness (QED) is 0.432. The van der Waals surface area contributed by atoms with Crippen molar-refractivity contribution < 1.29 is 23.9 Å². The maximum atomic E-state index is 13.8. The molecule has 1 N–H and O–H groups in total. The Morgan fingerprint density at radius 2 is 1.77 bits per heavy atom. The fraction of sp³-hybridized carbons (Fsp3) is 0.536. The number of nitrogens with zero attached hydrogens (tertiary/aromatic N) is 1. The van der Waals surface area contributed by atoms with Crippen LogP contribution in [0.25, 0.3) is 0 Å². The zero-order valence-corrected chi connectivity index (χ0v) is 21.9. The molecule has 0 unspecified atom stereocenters. The van der Waals surface area contributed by atoms with E-state index in [-0.39, 0.29) is 17.8 Å². The highest BCUT2D eigenvalue weighted by Gasteiger charge is 2.47. The molecule has 35 heavy (non-hydrogen) atoms. The van der Waals surface area contributed by atoms with Crippen molar-refractivity contribution in [1.29, 1.82) is 0 Å². The Morgan fingerprint density at radius 1 is 1.14 bits per heavy atom. The maximum Gasteiger partial charge on any atom is 0.337 e. The molecular formula is C28H38N2O5. The van der Waals surface area contributed by atoms with Crippen molar-refractivity contribution in [2.45, 2.75) is 66.4 Å². The molecule has 0 bridgehead atoms. The number of Topliss-reactive ketones (excluding diaryl/α,β-unsaturated/α-hetero) is 1. The summed E-state index contributed by atoms with van der Waals surface area (Å²) in [4.78, 5) is 42.0. The minimum Gasteiger partial charge on any atom is -0.468 e. The van der Waals surface area contributed by atoms with Crippen molar-refractivity contribution in [3.8, 4) is 0 Å². The Labute approximate surface area is 208 Å². The molecule has 1 aromatic carbocycles. The number of ether oxygens (including phenoxy) is 2. The number of dihydropyridines is 1. The van der Waals surface area contributed by atoms with Gasteiger partial charge in [-0.2, -0.15) is 0 Å². The summed E-state index contributed by atoms with van der Waals surface area (Å²) in [6.45, 7) is 13.5. The van der Waals surface area contributed by atoms with E-state index in [1.54, 1.807) is 0 Å². The molecule has 0 saturated heterocycles. The van der Waals surface area contributed by atoms with Crippen molar-refractivity contribution in [3.05, 3.63) is 52.4 Å². The number of esters is 2. The summed E-state index contributed by atoms with van der Waals surface area (Å²) in [5.41, 5.74) is 4.19. The van der Waals surface area contributed by atoms with Crippen molar-refractivity contribution in [2.24, 2.45) is 11.8 Å². The molecule has 2 aliphatic rings. The van der Waals surface area contributed by atoms with Crippen LogP contribution in [0, 0.1) is 11.8 Å². The van der Waals surface area contributed by atoms with Gasteiger partial charge in [0.1, 0.15) is 5.92 Å². The minimum atomic E-state index is -0.900. The maximum absolute atomic E-state index is 13.8. The lowest BCUT2D eigenvalue weighted by Crippen LogP contribution is -2.43. The molecule has 7 nitrogen and oxygen atoms in total. The molecule has 7 heteroatoms. The molecule has 0 radical (unpaired) electrons. The third-order valence-corrected chi connectivity index (χ3v) is 7.20. The minimum absolute atomic E-state index is 0.215. The van der Waals surface area contributed by atoms with Crippen LogP contribution in [0.2, 0.25) is 0 Å². The third-order valence-electron chi connectivity index (χ3n) is 7.20. The highest BCUT2D eigenvalue weighted by Crippen LogP contribution is 2.45. The highest BCUT2D eigenvalue weighted by atomic mass is 16.5. The Hall–Kier alpha value is -3.09. The fourth-order valence-corrected chi connectivity index (χ4v) is 5.08. The van der Waals surface area contributed by atoms with Crippen LogP contribution in [0.4, 0.5) is 5.69 Å². The lowest BCUT2D eigenvalue weighted by atomic mass is 9.69. The third kappa shape index (κ3) is 5.14. The van der Waals surface area contributed by atoms with Gasteiger partial charge in [0.15, 0.2) is 5.78 Å². The molecule has 0 saturated carbocycles. The molecule has 0 amide bonds. The summed E-state index contributed by atoms with van der Waals surface area (Å²) < 4.78 is 10.7.